The van der Waals surface area contributed by atoms with Crippen LogP contribution in [0.5, 0.6) is 11.5 Å². The van der Waals surface area contributed by atoms with Crippen molar-refractivity contribution >= 4 is 22.1 Å². The van der Waals surface area contributed by atoms with E-state index in [9.17, 15) is 9.59 Å². The summed E-state index contributed by atoms with van der Waals surface area (Å²) in [7, 11) is 0. The topological polar surface area (TPSA) is 139 Å². The highest BCUT2D eigenvalue weighted by Gasteiger charge is 2.22. The maximum absolute atomic E-state index is 12.4. The van der Waals surface area contributed by atoms with Gasteiger partial charge in [0.1, 0.15) is 13.2 Å². The van der Waals surface area contributed by atoms with Crippen molar-refractivity contribution in [2.45, 2.75) is 110 Å². The molecule has 2 aliphatic carbocycles. The quantitative estimate of drug-likeness (QED) is 0.182. The fraction of sp³-hybridized carbons (Fsp3) is 0.500. The maximum Gasteiger partial charge on any atom is 0.269 e. The first-order valence-corrected chi connectivity index (χ1v) is 19.4. The molecule has 8 rings (SSSR count). The number of aromatic nitrogens is 5. The largest absolute Gasteiger partial charge is 0.486 e. The van der Waals surface area contributed by atoms with Gasteiger partial charge in [0.05, 0.1) is 46.4 Å². The number of ether oxygens (including phenoxy) is 2. The molecule has 0 radical (unpaired) electrons. The predicted molar refractivity (Wildman–Crippen MR) is 208 cm³/mol. The zero-order valence-corrected chi connectivity index (χ0v) is 31.1. The molecule has 11 heteroatoms. The van der Waals surface area contributed by atoms with Crippen molar-refractivity contribution < 1.29 is 9.47 Å². The van der Waals surface area contributed by atoms with Gasteiger partial charge in [-0.3, -0.25) is 14.6 Å². The molecule has 1 aliphatic heterocycles. The smallest absolute Gasteiger partial charge is 0.269 e. The Morgan fingerprint density at radius 1 is 0.679 bits per heavy atom. The van der Waals surface area contributed by atoms with Crippen molar-refractivity contribution in [3.8, 4) is 11.5 Å². The number of pyridine rings is 1. The summed E-state index contributed by atoms with van der Waals surface area (Å²) in [5.41, 5.74) is 12.9. The molecule has 3 aliphatic rings. The fourth-order valence-electron chi connectivity index (χ4n) is 8.10. The highest BCUT2D eigenvalue weighted by molar-refractivity contribution is 5.76. The van der Waals surface area contributed by atoms with Crippen LogP contribution in [-0.4, -0.2) is 49.4 Å². The van der Waals surface area contributed by atoms with Crippen molar-refractivity contribution in [2.75, 3.05) is 13.2 Å². The average Bonchev–Trinajstić information content (AvgIpc) is 3.17. The minimum absolute atomic E-state index is 0.000566. The second-order valence-corrected chi connectivity index (χ2v) is 15.3. The molecule has 3 N–H and O–H groups in total. The van der Waals surface area contributed by atoms with E-state index in [0.29, 0.717) is 37.1 Å². The molecular formula is C42H53N7O4. The molecule has 0 bridgehead atoms. The summed E-state index contributed by atoms with van der Waals surface area (Å²) in [6.45, 7) is 7.55. The van der Waals surface area contributed by atoms with Crippen molar-refractivity contribution in [1.29, 1.82) is 0 Å². The molecule has 5 aromatic rings. The van der Waals surface area contributed by atoms with Crippen LogP contribution in [0, 0.1) is 25.7 Å². The molecule has 0 spiro atoms. The van der Waals surface area contributed by atoms with Crippen LogP contribution in [-0.2, 0) is 19.6 Å². The van der Waals surface area contributed by atoms with E-state index >= 15 is 0 Å². The number of nitrogens with two attached hydrogens (primary N) is 1. The molecule has 0 atom stereocenters. The van der Waals surface area contributed by atoms with E-state index in [1.807, 2.05) is 46.4 Å². The Balaban J connectivity index is 0.000000179. The van der Waals surface area contributed by atoms with Gasteiger partial charge in [-0.05, 0) is 125 Å². The first kappa shape index (κ1) is 36.7. The van der Waals surface area contributed by atoms with E-state index in [-0.39, 0.29) is 11.1 Å². The van der Waals surface area contributed by atoms with Gasteiger partial charge in [0.2, 0.25) is 0 Å². The Hall–Kier alpha value is -4.61. The van der Waals surface area contributed by atoms with E-state index in [4.69, 9.17) is 15.2 Å². The van der Waals surface area contributed by atoms with Crippen LogP contribution in [0.25, 0.3) is 22.1 Å². The molecule has 0 unspecified atom stereocenters. The lowest BCUT2D eigenvalue weighted by Gasteiger charge is -2.29. The minimum atomic E-state index is -0.00891. The van der Waals surface area contributed by atoms with Gasteiger partial charge in [0.15, 0.2) is 11.5 Å². The first-order chi connectivity index (χ1) is 25.8. The van der Waals surface area contributed by atoms with Gasteiger partial charge in [-0.1, -0.05) is 12.1 Å². The summed E-state index contributed by atoms with van der Waals surface area (Å²) in [5.74, 6) is 2.88. The lowest BCUT2D eigenvalue weighted by molar-refractivity contribution is 0.170. The van der Waals surface area contributed by atoms with Gasteiger partial charge in [-0.2, -0.15) is 0 Å². The molecule has 2 fully saturated rings. The second-order valence-electron chi connectivity index (χ2n) is 15.3. The third kappa shape index (κ3) is 9.31. The third-order valence-corrected chi connectivity index (χ3v) is 11.3. The molecule has 2 aromatic carbocycles. The van der Waals surface area contributed by atoms with E-state index in [2.05, 4.69) is 39.3 Å². The Bertz CT molecular complexity index is 2130. The van der Waals surface area contributed by atoms with E-state index in [1.54, 1.807) is 6.20 Å². The molecule has 0 saturated heterocycles. The SMILES string of the molecule is Cc1ccc2ncc(=O)n(CCC3CCC(N)CC3)c2c1.Cc1ccc2ncc(=O)n(CCC3CCC(NCc4cc5c(cn4)OCCO5)CC3)c2c1. The number of nitrogens with one attached hydrogen (secondary N) is 1. The van der Waals surface area contributed by atoms with Crippen molar-refractivity contribution in [1.82, 2.24) is 29.4 Å². The van der Waals surface area contributed by atoms with Crippen molar-refractivity contribution in [3.63, 3.8) is 0 Å². The molecule has 280 valence electrons. The predicted octanol–water partition coefficient (Wildman–Crippen LogP) is 6.22. The van der Waals surface area contributed by atoms with Gasteiger partial charge in [-0.15, -0.1) is 0 Å². The Morgan fingerprint density at radius 2 is 1.21 bits per heavy atom. The molecule has 3 aromatic heterocycles. The zero-order valence-electron chi connectivity index (χ0n) is 31.1. The van der Waals surface area contributed by atoms with Gasteiger partial charge >= 0.3 is 0 Å². The molecule has 53 heavy (non-hydrogen) atoms. The Labute approximate surface area is 311 Å². The van der Waals surface area contributed by atoms with Crippen LogP contribution in [0.3, 0.4) is 0 Å². The summed E-state index contributed by atoms with van der Waals surface area (Å²) in [6, 6.07) is 15.0. The summed E-state index contributed by atoms with van der Waals surface area (Å²) < 4.78 is 15.0. The summed E-state index contributed by atoms with van der Waals surface area (Å²) in [5, 5.41) is 3.66. The summed E-state index contributed by atoms with van der Waals surface area (Å²) in [4.78, 5) is 37.6. The highest BCUT2D eigenvalue weighted by atomic mass is 16.6. The lowest BCUT2D eigenvalue weighted by Crippen LogP contribution is -2.33. The average molecular weight is 720 g/mol. The summed E-state index contributed by atoms with van der Waals surface area (Å²) in [6.07, 6.45) is 16.0. The zero-order chi connectivity index (χ0) is 36.7. The van der Waals surface area contributed by atoms with Gasteiger partial charge in [-0.25, -0.2) is 9.97 Å². The van der Waals surface area contributed by atoms with Crippen LogP contribution < -0.4 is 31.6 Å². The normalized spacial score (nSPS) is 21.3. The maximum atomic E-state index is 12.4. The second kappa shape index (κ2) is 17.0. The number of aryl methyl sites for hydroxylation is 4. The summed E-state index contributed by atoms with van der Waals surface area (Å²) >= 11 is 0. The van der Waals surface area contributed by atoms with Gasteiger partial charge in [0.25, 0.3) is 11.1 Å². The number of nitrogens with zero attached hydrogens (tertiary/aromatic N) is 5. The van der Waals surface area contributed by atoms with Crippen LogP contribution in [0.15, 0.2) is 70.6 Å². The Kier molecular flexibility index (Phi) is 11.8. The van der Waals surface area contributed by atoms with Crippen LogP contribution >= 0.6 is 0 Å². The molecular weight excluding hydrogens is 667 g/mol. The van der Waals surface area contributed by atoms with Gasteiger partial charge in [0, 0.05) is 37.8 Å². The van der Waals surface area contributed by atoms with Crippen molar-refractivity contribution in [2.24, 2.45) is 17.6 Å². The number of benzene rings is 2. The van der Waals surface area contributed by atoms with Crippen molar-refractivity contribution in [3.05, 3.63) is 98.6 Å². The standard InChI is InChI=1S/C25H30N4O3.C17H23N3O/c1-17-2-7-21-22(12-17)29(25(30)16-28-21)9-8-18-3-5-19(6-4-18)26-14-20-13-23-24(15-27-20)32-11-10-31-23;1-12-2-7-15-16(10-12)20(17(21)11-19-15)9-8-13-3-5-14(18)6-4-13/h2,7,12-13,15-16,18-19,26H,3-6,8-11,14H2,1H3;2,7,10-11,13-14H,3-6,8-9,18H2,1H3. The van der Waals surface area contributed by atoms with E-state index < -0.39 is 0 Å². The van der Waals surface area contributed by atoms with Crippen LogP contribution in [0.4, 0.5) is 0 Å². The molecule has 11 nitrogen and oxygen atoms in total. The first-order valence-electron chi connectivity index (χ1n) is 19.4. The third-order valence-electron chi connectivity index (χ3n) is 11.3. The number of rotatable bonds is 9. The van der Waals surface area contributed by atoms with Crippen LogP contribution in [0.2, 0.25) is 0 Å². The Morgan fingerprint density at radius 3 is 1.77 bits per heavy atom. The lowest BCUT2D eigenvalue weighted by atomic mass is 9.84. The van der Waals surface area contributed by atoms with E-state index in [0.717, 1.165) is 109 Å². The minimum Gasteiger partial charge on any atom is -0.486 e. The molecule has 0 amide bonds. The van der Waals surface area contributed by atoms with Gasteiger partial charge < -0.3 is 29.7 Å². The van der Waals surface area contributed by atoms with Crippen LogP contribution in [0.1, 0.15) is 81.0 Å². The van der Waals surface area contributed by atoms with E-state index in [1.165, 1.54) is 38.1 Å². The number of hydrogen-bond acceptors (Lipinski definition) is 9. The molecule has 2 saturated carbocycles. The monoisotopic (exact) mass is 719 g/mol. The fourth-order valence-corrected chi connectivity index (χ4v) is 8.10. The molecule has 4 heterocycles. The highest BCUT2D eigenvalue weighted by Crippen LogP contribution is 2.31. The number of fused-ring (bicyclic) bond motifs is 3. The number of hydrogen-bond donors (Lipinski definition) is 2.